The fourth-order valence-electron chi connectivity index (χ4n) is 2.70. The van der Waals surface area contributed by atoms with Gasteiger partial charge in [0.15, 0.2) is 10.5 Å². The summed E-state index contributed by atoms with van der Waals surface area (Å²) < 4.78 is 25.2. The maximum Gasteiger partial charge on any atom is 0.259 e. The van der Waals surface area contributed by atoms with Crippen LogP contribution in [-0.4, -0.2) is 40.3 Å². The number of hydrogen-bond donors (Lipinski definition) is 0. The highest BCUT2D eigenvalue weighted by Gasteiger charge is 2.60. The fourth-order valence-corrected chi connectivity index (χ4v) is 4.18. The molecule has 0 aliphatic carbocycles. The molecule has 116 valence electrons. The van der Waals surface area contributed by atoms with Crippen LogP contribution in [0.5, 0.6) is 0 Å². The van der Waals surface area contributed by atoms with Crippen molar-refractivity contribution in [2.24, 2.45) is 0 Å². The van der Waals surface area contributed by atoms with Crippen molar-refractivity contribution in [2.75, 3.05) is 6.54 Å². The van der Waals surface area contributed by atoms with E-state index >= 15 is 0 Å². The zero-order valence-electron chi connectivity index (χ0n) is 12.9. The minimum atomic E-state index is -3.72. The SMILES string of the molecule is CCn1c(C)cc(C(=O)CN2C(=O)C(C)(C)S2(=O)=O)c1C. The monoisotopic (exact) mass is 312 g/mol. The van der Waals surface area contributed by atoms with E-state index < -0.39 is 27.2 Å². The first-order chi connectivity index (χ1) is 9.55. The number of ketones is 1. The van der Waals surface area contributed by atoms with E-state index in [0.717, 1.165) is 17.9 Å². The van der Waals surface area contributed by atoms with E-state index in [1.54, 1.807) is 6.07 Å². The Kier molecular flexibility index (Phi) is 3.52. The van der Waals surface area contributed by atoms with Crippen molar-refractivity contribution in [1.29, 1.82) is 0 Å². The number of aryl methyl sites for hydroxylation is 1. The molecule has 21 heavy (non-hydrogen) atoms. The Morgan fingerprint density at radius 2 is 1.86 bits per heavy atom. The highest BCUT2D eigenvalue weighted by atomic mass is 32.2. The Morgan fingerprint density at radius 3 is 2.29 bits per heavy atom. The molecule has 0 saturated carbocycles. The summed E-state index contributed by atoms with van der Waals surface area (Å²) in [5, 5.41) is 0. The number of aromatic nitrogens is 1. The van der Waals surface area contributed by atoms with Crippen LogP contribution in [-0.2, 0) is 21.4 Å². The molecule has 2 rings (SSSR count). The Labute approximate surface area is 124 Å². The molecule has 1 fully saturated rings. The third kappa shape index (κ3) is 2.02. The van der Waals surface area contributed by atoms with Crippen LogP contribution in [0.1, 0.15) is 42.5 Å². The maximum absolute atomic E-state index is 12.3. The van der Waals surface area contributed by atoms with Gasteiger partial charge in [0.25, 0.3) is 15.9 Å². The van der Waals surface area contributed by atoms with Crippen molar-refractivity contribution in [3.8, 4) is 0 Å². The zero-order valence-corrected chi connectivity index (χ0v) is 13.7. The summed E-state index contributed by atoms with van der Waals surface area (Å²) in [6, 6.07) is 1.74. The van der Waals surface area contributed by atoms with Gasteiger partial charge in [-0.2, -0.15) is 0 Å². The highest BCUT2D eigenvalue weighted by Crippen LogP contribution is 2.34. The number of amides is 1. The van der Waals surface area contributed by atoms with Crippen molar-refractivity contribution in [2.45, 2.75) is 45.9 Å². The van der Waals surface area contributed by atoms with Gasteiger partial charge in [0.05, 0.1) is 0 Å². The van der Waals surface area contributed by atoms with E-state index in [4.69, 9.17) is 0 Å². The molecular formula is C14H20N2O4S. The van der Waals surface area contributed by atoms with Crippen LogP contribution in [0.3, 0.4) is 0 Å². The average Bonchev–Trinajstić information content (AvgIpc) is 2.69. The second kappa shape index (κ2) is 4.69. The number of carbonyl (C=O) groups is 2. The first-order valence-corrected chi connectivity index (χ1v) is 8.26. The van der Waals surface area contributed by atoms with Gasteiger partial charge in [0.2, 0.25) is 0 Å². The standard InChI is InChI=1S/C14H20N2O4S/c1-6-15-9(2)7-11(10(15)3)12(17)8-16-13(18)14(4,5)21(16,19)20/h7H,6,8H2,1-5H3. The number of nitrogens with zero attached hydrogens (tertiary/aromatic N) is 2. The van der Waals surface area contributed by atoms with Crippen LogP contribution < -0.4 is 0 Å². The fraction of sp³-hybridized carbons (Fsp3) is 0.571. The molecule has 1 amide bonds. The van der Waals surface area contributed by atoms with Crippen molar-refractivity contribution < 1.29 is 18.0 Å². The molecule has 0 spiro atoms. The minimum absolute atomic E-state index is 0.352. The zero-order chi connectivity index (χ0) is 16.2. The number of sulfonamides is 1. The predicted molar refractivity (Wildman–Crippen MR) is 78.6 cm³/mol. The van der Waals surface area contributed by atoms with E-state index in [9.17, 15) is 18.0 Å². The minimum Gasteiger partial charge on any atom is -0.349 e. The van der Waals surface area contributed by atoms with E-state index in [2.05, 4.69) is 0 Å². The summed E-state index contributed by atoms with van der Waals surface area (Å²) >= 11 is 0. The Morgan fingerprint density at radius 1 is 1.29 bits per heavy atom. The van der Waals surface area contributed by atoms with Gasteiger partial charge in [-0.15, -0.1) is 0 Å². The van der Waals surface area contributed by atoms with Crippen molar-refractivity contribution in [3.05, 3.63) is 23.0 Å². The second-order valence-electron chi connectivity index (χ2n) is 5.78. The molecule has 1 aromatic rings. The molecular weight excluding hydrogens is 292 g/mol. The molecule has 0 bridgehead atoms. The van der Waals surface area contributed by atoms with Crippen molar-refractivity contribution in [1.82, 2.24) is 8.87 Å². The van der Waals surface area contributed by atoms with E-state index in [1.165, 1.54) is 13.8 Å². The van der Waals surface area contributed by atoms with Gasteiger partial charge in [-0.05, 0) is 40.7 Å². The van der Waals surface area contributed by atoms with E-state index in [1.807, 2.05) is 25.3 Å². The Balaban J connectivity index is 2.27. The molecule has 1 saturated heterocycles. The molecule has 0 N–H and O–H groups in total. The van der Waals surface area contributed by atoms with Gasteiger partial charge in [-0.1, -0.05) is 0 Å². The van der Waals surface area contributed by atoms with Crippen LogP contribution in [0.2, 0.25) is 0 Å². The summed E-state index contributed by atoms with van der Waals surface area (Å²) in [4.78, 5) is 24.2. The lowest BCUT2D eigenvalue weighted by atomic mass is 10.1. The molecule has 6 nitrogen and oxygen atoms in total. The van der Waals surface area contributed by atoms with Gasteiger partial charge in [-0.3, -0.25) is 9.59 Å². The lowest BCUT2D eigenvalue weighted by molar-refractivity contribution is -0.131. The maximum atomic E-state index is 12.3. The normalized spacial score (nSPS) is 19.5. The lowest BCUT2D eigenvalue weighted by Crippen LogP contribution is -2.68. The van der Waals surface area contributed by atoms with Gasteiger partial charge in [0, 0.05) is 23.5 Å². The van der Waals surface area contributed by atoms with Gasteiger partial charge in [0.1, 0.15) is 6.54 Å². The highest BCUT2D eigenvalue weighted by molar-refractivity contribution is 7.94. The van der Waals surface area contributed by atoms with Crippen LogP contribution in [0, 0.1) is 13.8 Å². The van der Waals surface area contributed by atoms with Crippen molar-refractivity contribution >= 4 is 21.7 Å². The molecule has 0 unspecified atom stereocenters. The van der Waals surface area contributed by atoms with Crippen LogP contribution in [0.25, 0.3) is 0 Å². The first kappa shape index (κ1) is 15.8. The number of hydrogen-bond acceptors (Lipinski definition) is 4. The largest absolute Gasteiger partial charge is 0.349 e. The van der Waals surface area contributed by atoms with Gasteiger partial charge >= 0.3 is 0 Å². The molecule has 0 atom stereocenters. The first-order valence-electron chi connectivity index (χ1n) is 6.82. The van der Waals surface area contributed by atoms with E-state index in [-0.39, 0.29) is 5.78 Å². The molecule has 1 aliphatic rings. The van der Waals surface area contributed by atoms with Gasteiger partial charge < -0.3 is 4.57 Å². The average molecular weight is 312 g/mol. The summed E-state index contributed by atoms with van der Waals surface area (Å²) in [5.41, 5.74) is 2.21. The molecule has 1 aromatic heterocycles. The third-order valence-corrected chi connectivity index (χ3v) is 6.49. The predicted octanol–water partition coefficient (Wildman–Crippen LogP) is 1.26. The van der Waals surface area contributed by atoms with Crippen LogP contribution in [0.15, 0.2) is 6.07 Å². The summed E-state index contributed by atoms with van der Waals surface area (Å²) in [5.74, 6) is -0.879. The third-order valence-electron chi connectivity index (χ3n) is 4.15. The molecule has 2 heterocycles. The Bertz CT molecular complexity index is 728. The smallest absolute Gasteiger partial charge is 0.259 e. The Hall–Kier alpha value is -1.63. The van der Waals surface area contributed by atoms with E-state index in [0.29, 0.717) is 9.87 Å². The summed E-state index contributed by atoms with van der Waals surface area (Å²) in [6.45, 7) is 8.71. The summed E-state index contributed by atoms with van der Waals surface area (Å²) in [6.07, 6.45) is 0. The second-order valence-corrected chi connectivity index (χ2v) is 8.19. The molecule has 0 radical (unpaired) electrons. The number of Topliss-reactive ketones (excluding diaryl/α,β-unsaturated/α-hetero) is 1. The quantitative estimate of drug-likeness (QED) is 0.784. The van der Waals surface area contributed by atoms with Crippen LogP contribution >= 0.6 is 0 Å². The molecule has 0 aromatic carbocycles. The van der Waals surface area contributed by atoms with Gasteiger partial charge in [-0.25, -0.2) is 12.7 Å². The van der Waals surface area contributed by atoms with Crippen molar-refractivity contribution in [3.63, 3.8) is 0 Å². The number of carbonyl (C=O) groups excluding carboxylic acids is 2. The topological polar surface area (TPSA) is 76.5 Å². The van der Waals surface area contributed by atoms with Crippen LogP contribution in [0.4, 0.5) is 0 Å². The molecule has 1 aliphatic heterocycles. The molecule has 7 heteroatoms. The summed E-state index contributed by atoms with van der Waals surface area (Å²) in [7, 11) is -3.72. The lowest BCUT2D eigenvalue weighted by Gasteiger charge is -2.42. The number of rotatable bonds is 4.